The molecule has 1 aromatic rings. The van der Waals surface area contributed by atoms with Crippen LogP contribution in [0.15, 0.2) is 18.2 Å². The van der Waals surface area contributed by atoms with E-state index in [4.69, 9.17) is 5.11 Å². The lowest BCUT2D eigenvalue weighted by atomic mass is 10.2. The first-order chi connectivity index (χ1) is 9.85. The Kier molecular flexibility index (Phi) is 5.65. The summed E-state index contributed by atoms with van der Waals surface area (Å²) in [6, 6.07) is 2.21. The SMILES string of the molecule is CCN(C)C(=O)CNC(=O)Nc1ccc(F)cc1C(=O)O. The molecule has 0 radical (unpaired) electrons. The molecule has 0 unspecified atom stereocenters. The van der Waals surface area contributed by atoms with Gasteiger partial charge in [0.05, 0.1) is 17.8 Å². The number of benzene rings is 1. The largest absolute Gasteiger partial charge is 0.478 e. The molecule has 0 bridgehead atoms. The third-order valence-electron chi connectivity index (χ3n) is 2.76. The maximum Gasteiger partial charge on any atom is 0.337 e. The zero-order valence-electron chi connectivity index (χ0n) is 11.6. The fourth-order valence-electron chi connectivity index (χ4n) is 1.44. The van der Waals surface area contributed by atoms with Crippen LogP contribution in [0.3, 0.4) is 0 Å². The molecule has 21 heavy (non-hydrogen) atoms. The van der Waals surface area contributed by atoms with Crippen molar-refractivity contribution in [2.75, 3.05) is 25.5 Å². The van der Waals surface area contributed by atoms with Crippen molar-refractivity contribution in [3.05, 3.63) is 29.6 Å². The van der Waals surface area contributed by atoms with Crippen LogP contribution in [0.1, 0.15) is 17.3 Å². The van der Waals surface area contributed by atoms with Crippen molar-refractivity contribution >= 4 is 23.6 Å². The summed E-state index contributed by atoms with van der Waals surface area (Å²) < 4.78 is 13.0. The highest BCUT2D eigenvalue weighted by molar-refractivity contribution is 6.00. The van der Waals surface area contributed by atoms with Gasteiger partial charge in [-0.1, -0.05) is 0 Å². The Morgan fingerprint density at radius 2 is 2.00 bits per heavy atom. The number of urea groups is 1. The van der Waals surface area contributed by atoms with E-state index < -0.39 is 17.8 Å². The summed E-state index contributed by atoms with van der Waals surface area (Å²) >= 11 is 0. The Hall–Kier alpha value is -2.64. The van der Waals surface area contributed by atoms with Gasteiger partial charge in [-0.15, -0.1) is 0 Å². The third-order valence-corrected chi connectivity index (χ3v) is 2.76. The van der Waals surface area contributed by atoms with E-state index in [1.54, 1.807) is 14.0 Å². The van der Waals surface area contributed by atoms with Crippen LogP contribution in [0, 0.1) is 5.82 Å². The normalized spacial score (nSPS) is 9.86. The first-order valence-electron chi connectivity index (χ1n) is 6.16. The first-order valence-corrected chi connectivity index (χ1v) is 6.16. The number of halogens is 1. The average molecular weight is 297 g/mol. The summed E-state index contributed by atoms with van der Waals surface area (Å²) in [7, 11) is 1.59. The summed E-state index contributed by atoms with van der Waals surface area (Å²) in [5.41, 5.74) is -0.431. The number of rotatable bonds is 5. The number of hydrogen-bond donors (Lipinski definition) is 3. The Bertz CT molecular complexity index is 562. The van der Waals surface area contributed by atoms with Gasteiger partial charge in [0.15, 0.2) is 0 Å². The summed E-state index contributed by atoms with van der Waals surface area (Å²) in [5.74, 6) is -2.38. The molecule has 1 aromatic carbocycles. The number of carboxylic acids is 1. The van der Waals surface area contributed by atoms with Crippen molar-refractivity contribution in [1.29, 1.82) is 0 Å². The van der Waals surface area contributed by atoms with Crippen LogP contribution in [0.5, 0.6) is 0 Å². The smallest absolute Gasteiger partial charge is 0.337 e. The standard InChI is InChI=1S/C13H16FN3O4/c1-3-17(2)11(18)7-15-13(21)16-10-5-4-8(14)6-9(10)12(19)20/h4-6H,3,7H2,1-2H3,(H,19,20)(H2,15,16,21). The van der Waals surface area contributed by atoms with E-state index in [0.29, 0.717) is 6.54 Å². The van der Waals surface area contributed by atoms with E-state index in [2.05, 4.69) is 10.6 Å². The lowest BCUT2D eigenvalue weighted by molar-refractivity contribution is -0.128. The van der Waals surface area contributed by atoms with Crippen molar-refractivity contribution < 1.29 is 23.9 Å². The van der Waals surface area contributed by atoms with E-state index in [1.165, 1.54) is 4.90 Å². The minimum atomic E-state index is -1.37. The van der Waals surface area contributed by atoms with E-state index in [0.717, 1.165) is 18.2 Å². The van der Waals surface area contributed by atoms with Gasteiger partial charge in [0, 0.05) is 13.6 Å². The van der Waals surface area contributed by atoms with Crippen LogP contribution in [0.2, 0.25) is 0 Å². The van der Waals surface area contributed by atoms with Gasteiger partial charge in [-0.05, 0) is 25.1 Å². The number of likely N-dealkylation sites (N-methyl/N-ethyl adjacent to an activating group) is 1. The molecule has 0 heterocycles. The number of carbonyl (C=O) groups excluding carboxylic acids is 2. The molecular formula is C13H16FN3O4. The van der Waals surface area contributed by atoms with Gasteiger partial charge in [-0.2, -0.15) is 0 Å². The van der Waals surface area contributed by atoms with Gasteiger partial charge in [-0.3, -0.25) is 4.79 Å². The number of nitrogens with zero attached hydrogens (tertiary/aromatic N) is 1. The molecule has 0 aliphatic heterocycles. The van der Waals surface area contributed by atoms with E-state index >= 15 is 0 Å². The minimum absolute atomic E-state index is 0.0577. The fourth-order valence-corrected chi connectivity index (χ4v) is 1.44. The molecule has 0 aliphatic carbocycles. The van der Waals surface area contributed by atoms with Gasteiger partial charge in [-0.25, -0.2) is 14.0 Å². The number of amides is 3. The summed E-state index contributed by atoms with van der Waals surface area (Å²) in [6.45, 7) is 2.07. The molecule has 1 rings (SSSR count). The number of carbonyl (C=O) groups is 3. The van der Waals surface area contributed by atoms with Crippen molar-refractivity contribution in [2.24, 2.45) is 0 Å². The van der Waals surface area contributed by atoms with Gasteiger partial charge < -0.3 is 20.6 Å². The van der Waals surface area contributed by atoms with Crippen molar-refractivity contribution in [2.45, 2.75) is 6.92 Å². The molecule has 3 N–H and O–H groups in total. The first kappa shape index (κ1) is 16.4. The average Bonchev–Trinajstić information content (AvgIpc) is 2.45. The van der Waals surface area contributed by atoms with Crippen LogP contribution in [0.25, 0.3) is 0 Å². The molecule has 0 saturated heterocycles. The van der Waals surface area contributed by atoms with Crippen LogP contribution in [-0.4, -0.2) is 48.1 Å². The van der Waals surface area contributed by atoms with E-state index in [9.17, 15) is 18.8 Å². The van der Waals surface area contributed by atoms with Gasteiger partial charge in [0.1, 0.15) is 5.82 Å². The van der Waals surface area contributed by atoms with Crippen LogP contribution < -0.4 is 10.6 Å². The molecule has 0 aliphatic rings. The van der Waals surface area contributed by atoms with Gasteiger partial charge in [0.2, 0.25) is 5.91 Å². The molecule has 7 nitrogen and oxygen atoms in total. The predicted octanol–water partition coefficient (Wildman–Crippen LogP) is 1.12. The molecule has 8 heteroatoms. The third kappa shape index (κ3) is 4.75. The second kappa shape index (κ2) is 7.22. The number of carboxylic acid groups (broad SMARTS) is 1. The van der Waals surface area contributed by atoms with Crippen LogP contribution in [0.4, 0.5) is 14.9 Å². The quantitative estimate of drug-likeness (QED) is 0.758. The summed E-state index contributed by atoms with van der Waals surface area (Å²) in [6.07, 6.45) is 0. The topological polar surface area (TPSA) is 98.7 Å². The number of aromatic carboxylic acids is 1. The maximum atomic E-state index is 13.0. The highest BCUT2D eigenvalue weighted by Crippen LogP contribution is 2.16. The molecule has 3 amide bonds. The predicted molar refractivity (Wildman–Crippen MR) is 73.7 cm³/mol. The molecule has 114 valence electrons. The van der Waals surface area contributed by atoms with Gasteiger partial charge >= 0.3 is 12.0 Å². The monoisotopic (exact) mass is 297 g/mol. The fraction of sp³-hybridized carbons (Fsp3) is 0.308. The zero-order valence-corrected chi connectivity index (χ0v) is 11.6. The van der Waals surface area contributed by atoms with E-state index in [1.807, 2.05) is 0 Å². The Morgan fingerprint density at radius 3 is 2.57 bits per heavy atom. The summed E-state index contributed by atoms with van der Waals surface area (Å²) in [5, 5.41) is 13.5. The van der Waals surface area contributed by atoms with Crippen LogP contribution in [-0.2, 0) is 4.79 Å². The second-order valence-electron chi connectivity index (χ2n) is 4.21. The maximum absolute atomic E-state index is 13.0. The Labute approximate surface area is 120 Å². The zero-order chi connectivity index (χ0) is 16.0. The highest BCUT2D eigenvalue weighted by Gasteiger charge is 2.14. The minimum Gasteiger partial charge on any atom is -0.478 e. The number of hydrogen-bond acceptors (Lipinski definition) is 3. The van der Waals surface area contributed by atoms with Crippen molar-refractivity contribution in [1.82, 2.24) is 10.2 Å². The molecule has 0 saturated carbocycles. The highest BCUT2D eigenvalue weighted by atomic mass is 19.1. The molecule has 0 aromatic heterocycles. The van der Waals surface area contributed by atoms with Crippen LogP contribution >= 0.6 is 0 Å². The Balaban J connectivity index is 2.67. The number of nitrogens with one attached hydrogen (secondary N) is 2. The molecular weight excluding hydrogens is 281 g/mol. The second-order valence-corrected chi connectivity index (χ2v) is 4.21. The Morgan fingerprint density at radius 1 is 1.33 bits per heavy atom. The lowest BCUT2D eigenvalue weighted by Gasteiger charge is -2.15. The lowest BCUT2D eigenvalue weighted by Crippen LogP contribution is -2.39. The van der Waals surface area contributed by atoms with E-state index in [-0.39, 0.29) is 23.7 Å². The molecule has 0 fully saturated rings. The molecule has 0 atom stereocenters. The van der Waals surface area contributed by atoms with Gasteiger partial charge in [0.25, 0.3) is 0 Å². The summed E-state index contributed by atoms with van der Waals surface area (Å²) in [4.78, 5) is 35.5. The molecule has 0 spiro atoms. The van der Waals surface area contributed by atoms with Crippen molar-refractivity contribution in [3.63, 3.8) is 0 Å². The van der Waals surface area contributed by atoms with Crippen molar-refractivity contribution in [3.8, 4) is 0 Å². The number of anilines is 1.